The van der Waals surface area contributed by atoms with E-state index < -0.39 is 34.3 Å². The van der Waals surface area contributed by atoms with Crippen molar-refractivity contribution in [3.8, 4) is 0 Å². The number of hydrogen-bond acceptors (Lipinski definition) is 8. The van der Waals surface area contributed by atoms with Crippen molar-refractivity contribution in [3.05, 3.63) is 11.6 Å². The summed E-state index contributed by atoms with van der Waals surface area (Å²) in [6.07, 6.45) is 0.463. The Labute approximate surface area is 218 Å². The van der Waals surface area contributed by atoms with Crippen LogP contribution in [0.15, 0.2) is 6.33 Å². The van der Waals surface area contributed by atoms with Gasteiger partial charge in [-0.05, 0) is 33.8 Å². The summed E-state index contributed by atoms with van der Waals surface area (Å²) in [6, 6.07) is 0. The van der Waals surface area contributed by atoms with E-state index in [0.717, 1.165) is 0 Å². The van der Waals surface area contributed by atoms with Crippen LogP contribution < -0.4 is 5.73 Å². The monoisotopic (exact) mass is 559 g/mol. The van der Waals surface area contributed by atoms with Crippen LogP contribution in [-0.4, -0.2) is 59.8 Å². The molecule has 1 unspecified atom stereocenters. The molecule has 0 radical (unpaired) electrons. The molecule has 0 bridgehead atoms. The van der Waals surface area contributed by atoms with Gasteiger partial charge in [0.15, 0.2) is 17.7 Å². The third kappa shape index (κ3) is 3.42. The number of nitrogens with zero attached hydrogens (tertiary/aromatic N) is 4. The maximum Gasteiger partial charge on any atom is 0.335 e. The highest BCUT2D eigenvalue weighted by molar-refractivity contribution is 6.84. The average molecular weight is 561 g/mol. The Morgan fingerprint density at radius 1 is 0.971 bits per heavy atom. The van der Waals surface area contributed by atoms with Crippen molar-refractivity contribution in [1.29, 1.82) is 0 Å². The highest BCUT2D eigenvalue weighted by atomic mass is 35.5. The molecule has 1 aliphatic carbocycles. The molecule has 2 aliphatic heterocycles. The van der Waals surface area contributed by atoms with Gasteiger partial charge in [-0.3, -0.25) is 4.57 Å². The molecule has 3 aliphatic rings. The first kappa shape index (κ1) is 25.8. The van der Waals surface area contributed by atoms with E-state index in [-0.39, 0.29) is 45.5 Å². The fourth-order valence-electron chi connectivity index (χ4n) is 5.97. The molecule has 3 fully saturated rings. The number of alkyl halides is 1. The molecule has 35 heavy (non-hydrogen) atoms. The van der Waals surface area contributed by atoms with Gasteiger partial charge in [0, 0.05) is 0 Å². The van der Waals surface area contributed by atoms with E-state index >= 15 is 0 Å². The van der Waals surface area contributed by atoms with Crippen LogP contribution in [0.5, 0.6) is 0 Å². The van der Waals surface area contributed by atoms with Crippen molar-refractivity contribution in [2.45, 2.75) is 107 Å². The van der Waals surface area contributed by atoms with Gasteiger partial charge in [0.25, 0.3) is 0 Å². The Morgan fingerprint density at radius 3 is 2.14 bits per heavy atom. The molecule has 4 heterocycles. The van der Waals surface area contributed by atoms with E-state index in [2.05, 4.69) is 70.3 Å². The SMILES string of the molecule is CC(C)[Si]1(C(C)C)OC2[C@H]3O[C@@H](n4cnc5c(N)nc(Cl)nc54)[C@@H](Cl)[C@@]23O[Si](C(C)C)(C(C)C)O1. The van der Waals surface area contributed by atoms with E-state index in [1.165, 1.54) is 0 Å². The Bertz CT molecular complexity index is 1130. The van der Waals surface area contributed by atoms with Gasteiger partial charge < -0.3 is 23.4 Å². The number of aromatic nitrogens is 4. The molecule has 0 amide bonds. The number of hydrogen-bond donors (Lipinski definition) is 1. The first-order valence-electron chi connectivity index (χ1n) is 12.3. The maximum absolute atomic E-state index is 7.26. The van der Waals surface area contributed by atoms with Gasteiger partial charge in [-0.25, -0.2) is 4.98 Å². The second-order valence-electron chi connectivity index (χ2n) is 11.2. The Kier molecular flexibility index (Phi) is 6.17. The fourth-order valence-corrected chi connectivity index (χ4v) is 18.1. The van der Waals surface area contributed by atoms with Crippen molar-refractivity contribution in [2.75, 3.05) is 5.73 Å². The summed E-state index contributed by atoms with van der Waals surface area (Å²) in [6.45, 7) is 17.6. The summed E-state index contributed by atoms with van der Waals surface area (Å²) in [5.74, 6) is 0.210. The number of ether oxygens (including phenoxy) is 1. The van der Waals surface area contributed by atoms with Crippen LogP contribution in [0.25, 0.3) is 11.2 Å². The molecule has 13 heteroatoms. The van der Waals surface area contributed by atoms with Gasteiger partial charge in [-0.15, -0.1) is 11.6 Å². The smallest absolute Gasteiger partial charge is 0.335 e. The lowest BCUT2D eigenvalue weighted by Gasteiger charge is -2.47. The summed E-state index contributed by atoms with van der Waals surface area (Å²) in [7, 11) is -5.51. The van der Waals surface area contributed by atoms with Crippen LogP contribution in [0.4, 0.5) is 5.82 Å². The van der Waals surface area contributed by atoms with Gasteiger partial charge >= 0.3 is 17.1 Å². The normalized spacial score (nSPS) is 33.5. The molecule has 0 aromatic carbocycles. The molecule has 2 aromatic heterocycles. The average Bonchev–Trinajstić information content (AvgIpc) is 2.99. The lowest BCUT2D eigenvalue weighted by Crippen LogP contribution is -2.61. The predicted molar refractivity (Wildman–Crippen MR) is 140 cm³/mol. The van der Waals surface area contributed by atoms with E-state index in [4.69, 9.17) is 46.6 Å². The third-order valence-corrected chi connectivity index (χ3v) is 18.9. The Balaban J connectivity index is 1.60. The van der Waals surface area contributed by atoms with Crippen molar-refractivity contribution in [2.24, 2.45) is 0 Å². The van der Waals surface area contributed by atoms with Crippen molar-refractivity contribution in [1.82, 2.24) is 19.5 Å². The topological polar surface area (TPSA) is 107 Å². The molecule has 5 atom stereocenters. The summed E-state index contributed by atoms with van der Waals surface area (Å²) in [4.78, 5) is 12.7. The largest absolute Gasteiger partial charge is 0.414 e. The molecule has 2 saturated heterocycles. The molecular weight excluding hydrogens is 525 g/mol. The zero-order valence-corrected chi connectivity index (χ0v) is 25.0. The van der Waals surface area contributed by atoms with Crippen LogP contribution in [-0.2, 0) is 17.7 Å². The van der Waals surface area contributed by atoms with Gasteiger partial charge in [0.2, 0.25) is 5.28 Å². The number of imidazole rings is 1. The van der Waals surface area contributed by atoms with Crippen LogP contribution in [0, 0.1) is 0 Å². The second kappa shape index (κ2) is 8.35. The number of rotatable bonds is 5. The molecule has 5 rings (SSSR count). The summed E-state index contributed by atoms with van der Waals surface area (Å²) >= 11 is 13.4. The van der Waals surface area contributed by atoms with Gasteiger partial charge in [0.05, 0.1) is 6.33 Å². The highest BCUT2D eigenvalue weighted by Gasteiger charge is 2.84. The number of anilines is 1. The number of nitrogen functional groups attached to an aromatic ring is 1. The first-order valence-corrected chi connectivity index (χ1v) is 17.1. The lowest BCUT2D eigenvalue weighted by molar-refractivity contribution is -0.00665. The molecule has 2 N–H and O–H groups in total. The van der Waals surface area contributed by atoms with Crippen molar-refractivity contribution >= 4 is 57.3 Å². The zero-order valence-electron chi connectivity index (χ0n) is 21.5. The molecular formula is C22H35Cl2N5O4Si2. The summed E-state index contributed by atoms with van der Waals surface area (Å²) < 4.78 is 29.8. The van der Waals surface area contributed by atoms with Gasteiger partial charge in [-0.2, -0.15) is 9.97 Å². The van der Waals surface area contributed by atoms with Crippen LogP contribution in [0.3, 0.4) is 0 Å². The summed E-state index contributed by atoms with van der Waals surface area (Å²) in [5, 5.41) is -0.512. The second-order valence-corrected chi connectivity index (χ2v) is 20.8. The van der Waals surface area contributed by atoms with Crippen LogP contribution >= 0.6 is 23.2 Å². The minimum Gasteiger partial charge on any atom is -0.414 e. The third-order valence-electron chi connectivity index (χ3n) is 7.90. The molecule has 1 spiro atoms. The number of halogens is 2. The molecule has 9 nitrogen and oxygen atoms in total. The van der Waals surface area contributed by atoms with E-state index in [9.17, 15) is 0 Å². The number of nitrogens with two attached hydrogens (primary N) is 1. The first-order chi connectivity index (χ1) is 16.3. The molecule has 2 aromatic rings. The lowest BCUT2D eigenvalue weighted by atomic mass is 10.2. The fraction of sp³-hybridized carbons (Fsp3) is 0.773. The summed E-state index contributed by atoms with van der Waals surface area (Å²) in [5.41, 5.74) is 7.04. The van der Waals surface area contributed by atoms with E-state index in [1.54, 1.807) is 10.9 Å². The Hall–Kier alpha value is -0.796. The standard InChI is InChI=1S/C22H35Cl2N5O4Si2/c1-10(2)34(11(3)4)31-17-16-22(17,32-35(33-34,12(5)6)13(7)8)15(23)20(30-16)29-9-26-14-18(25)27-21(24)28-19(14)29/h9-13,15-17,20H,1-8H3,(H2,25,27,28)/t15-,16-,17?,20-,22+/m1/s1. The minimum absolute atomic E-state index is 0.0419. The van der Waals surface area contributed by atoms with Gasteiger partial charge in [-0.1, -0.05) is 55.4 Å². The molecule has 194 valence electrons. The van der Waals surface area contributed by atoms with Crippen molar-refractivity contribution in [3.63, 3.8) is 0 Å². The van der Waals surface area contributed by atoms with Crippen LogP contribution in [0.1, 0.15) is 61.6 Å². The van der Waals surface area contributed by atoms with E-state index in [0.29, 0.717) is 11.2 Å². The van der Waals surface area contributed by atoms with E-state index in [1.807, 2.05) is 0 Å². The highest BCUT2D eigenvalue weighted by Crippen LogP contribution is 2.66. The van der Waals surface area contributed by atoms with Gasteiger partial charge in [0.1, 0.15) is 28.7 Å². The minimum atomic E-state index is -2.81. The molecule has 1 saturated carbocycles. The Morgan fingerprint density at radius 2 is 1.57 bits per heavy atom. The maximum atomic E-state index is 7.26. The zero-order chi connectivity index (χ0) is 25.7. The van der Waals surface area contributed by atoms with Crippen molar-refractivity contribution < 1.29 is 17.7 Å². The van der Waals surface area contributed by atoms with Crippen LogP contribution in [0.2, 0.25) is 27.4 Å². The number of fused-ring (bicyclic) bond motifs is 2. The quantitative estimate of drug-likeness (QED) is 0.299. The predicted octanol–water partition coefficient (Wildman–Crippen LogP) is 5.28.